The molecular formula is C20H21N6O5-. The van der Waals surface area contributed by atoms with Gasteiger partial charge in [-0.2, -0.15) is 0 Å². The number of hydrogen-bond donors (Lipinski definition) is 1. The number of hydrogen-bond acceptors (Lipinski definition) is 9. The van der Waals surface area contributed by atoms with Crippen molar-refractivity contribution >= 4 is 23.0 Å². The number of nitro benzene ring substituents is 1. The third-order valence-corrected chi connectivity index (χ3v) is 5.19. The van der Waals surface area contributed by atoms with E-state index in [4.69, 9.17) is 4.74 Å². The summed E-state index contributed by atoms with van der Waals surface area (Å²) in [7, 11) is 3.38. The van der Waals surface area contributed by atoms with E-state index in [-0.39, 0.29) is 24.0 Å². The van der Waals surface area contributed by atoms with Gasteiger partial charge in [0.25, 0.3) is 11.6 Å². The summed E-state index contributed by atoms with van der Waals surface area (Å²) in [6.45, 7) is 1.85. The Morgan fingerprint density at radius 2 is 1.84 bits per heavy atom. The van der Waals surface area contributed by atoms with Crippen LogP contribution in [0.1, 0.15) is 17.3 Å². The lowest BCUT2D eigenvalue weighted by Gasteiger charge is -2.38. The molecule has 11 heteroatoms. The molecule has 0 saturated carbocycles. The molecule has 1 N–H and O–H groups in total. The highest BCUT2D eigenvalue weighted by atomic mass is 16.6. The monoisotopic (exact) mass is 425 g/mol. The van der Waals surface area contributed by atoms with E-state index in [0.29, 0.717) is 16.9 Å². The van der Waals surface area contributed by atoms with Gasteiger partial charge in [-0.1, -0.05) is 19.1 Å². The fourth-order valence-corrected chi connectivity index (χ4v) is 3.72. The summed E-state index contributed by atoms with van der Waals surface area (Å²) in [6, 6.07) is 13.0. The molecule has 0 spiro atoms. The second-order valence-electron chi connectivity index (χ2n) is 6.97. The summed E-state index contributed by atoms with van der Waals surface area (Å²) >= 11 is 0. The van der Waals surface area contributed by atoms with Crippen molar-refractivity contribution in [2.24, 2.45) is 0 Å². The molecule has 0 aliphatic carbocycles. The van der Waals surface area contributed by atoms with Crippen LogP contribution >= 0.6 is 0 Å². The van der Waals surface area contributed by atoms with Gasteiger partial charge in [-0.3, -0.25) is 20.3 Å². The molecule has 31 heavy (non-hydrogen) atoms. The van der Waals surface area contributed by atoms with Crippen molar-refractivity contribution in [2.75, 3.05) is 30.6 Å². The first kappa shape index (κ1) is 20.1. The average molecular weight is 425 g/mol. The molecule has 1 saturated heterocycles. The molecule has 0 radical (unpaired) electrons. The van der Waals surface area contributed by atoms with Crippen molar-refractivity contribution in [3.8, 4) is 0 Å². The maximum absolute atomic E-state index is 13.2. The van der Waals surface area contributed by atoms with Crippen LogP contribution in [0.5, 0.6) is 0 Å². The Bertz CT molecular complexity index is 1060. The highest BCUT2D eigenvalue weighted by molar-refractivity contribution is 6.00. The Balaban J connectivity index is 1.87. The number of non-ortho nitro benzene ring substituents is 1. The molecule has 1 fully saturated rings. The van der Waals surface area contributed by atoms with Gasteiger partial charge in [0.15, 0.2) is 5.82 Å². The third kappa shape index (κ3) is 3.19. The number of anilines is 2. The Morgan fingerprint density at radius 3 is 2.48 bits per heavy atom. The van der Waals surface area contributed by atoms with E-state index >= 15 is 0 Å². The third-order valence-electron chi connectivity index (χ3n) is 5.19. The van der Waals surface area contributed by atoms with Crippen LogP contribution in [0.3, 0.4) is 0 Å². The molecule has 2 aliphatic heterocycles. The van der Waals surface area contributed by atoms with Gasteiger partial charge in [0.1, 0.15) is 0 Å². The number of rotatable bonds is 4. The average Bonchev–Trinajstić information content (AvgIpc) is 3.15. The molecule has 2 aliphatic rings. The molecule has 2 aromatic carbocycles. The summed E-state index contributed by atoms with van der Waals surface area (Å²) in [5, 5.41) is 28.3. The minimum atomic E-state index is -0.668. The summed E-state index contributed by atoms with van der Waals surface area (Å²) in [6.07, 6.45) is -0.668. The smallest absolute Gasteiger partial charge is 0.274 e. The van der Waals surface area contributed by atoms with E-state index in [1.807, 2.05) is 17.0 Å². The number of benzene rings is 2. The minimum absolute atomic E-state index is 0.0544. The standard InChI is InChI=1S/C20H22N6O5/c1-4-31-19(28)17-21-24(13-9-11-14(12-10-13)26(29)30)20-22(2)16-8-6-5-7-15(16)18(27)23(3)25(17)20/h5-12,20-21,28H,4H2,1-3H3/p-1. The SMILES string of the molecule is CCOC([O-])=C1NN(c2ccc([N+](=O)[O-])cc2)C2N(C)c3ccccc3C(=O)N(C)N12. The van der Waals surface area contributed by atoms with E-state index in [2.05, 4.69) is 5.43 Å². The fourth-order valence-electron chi connectivity index (χ4n) is 3.72. The molecule has 11 nitrogen and oxygen atoms in total. The van der Waals surface area contributed by atoms with Gasteiger partial charge in [0.2, 0.25) is 6.29 Å². The lowest BCUT2D eigenvalue weighted by Crippen LogP contribution is -2.55. The molecule has 1 amide bonds. The van der Waals surface area contributed by atoms with Gasteiger partial charge in [-0.25, -0.2) is 15.0 Å². The quantitative estimate of drug-likeness (QED) is 0.437. The van der Waals surface area contributed by atoms with Crippen LogP contribution in [-0.4, -0.2) is 47.8 Å². The van der Waals surface area contributed by atoms with Crippen molar-refractivity contribution in [3.63, 3.8) is 0 Å². The Labute approximate surface area is 178 Å². The lowest BCUT2D eigenvalue weighted by molar-refractivity contribution is -0.384. The Kier molecular flexibility index (Phi) is 4.93. The maximum atomic E-state index is 13.2. The number of nitro groups is 1. The van der Waals surface area contributed by atoms with Gasteiger partial charge in [-0.15, -0.1) is 0 Å². The van der Waals surface area contributed by atoms with Gasteiger partial charge in [-0.05, 0) is 30.9 Å². The summed E-state index contributed by atoms with van der Waals surface area (Å²) in [5.41, 5.74) is 4.68. The summed E-state index contributed by atoms with van der Waals surface area (Å²) in [4.78, 5) is 25.6. The topological polar surface area (TPSA) is 117 Å². The minimum Gasteiger partial charge on any atom is -0.611 e. The van der Waals surface area contributed by atoms with Crippen molar-refractivity contribution in [1.29, 1.82) is 0 Å². The number of carbonyl (C=O) groups excluding carboxylic acids is 1. The first-order valence-corrected chi connectivity index (χ1v) is 9.58. The second kappa shape index (κ2) is 7.59. The molecule has 162 valence electrons. The van der Waals surface area contributed by atoms with Crippen LogP contribution in [0.4, 0.5) is 17.1 Å². The van der Waals surface area contributed by atoms with Crippen molar-refractivity contribution in [1.82, 2.24) is 15.4 Å². The zero-order valence-corrected chi connectivity index (χ0v) is 17.2. The molecule has 2 heterocycles. The number of fused-ring (bicyclic) bond motifs is 2. The second-order valence-corrected chi connectivity index (χ2v) is 6.97. The largest absolute Gasteiger partial charge is 0.611 e. The van der Waals surface area contributed by atoms with Gasteiger partial charge < -0.3 is 14.7 Å². The van der Waals surface area contributed by atoms with Crippen molar-refractivity contribution in [3.05, 3.63) is 76.0 Å². The van der Waals surface area contributed by atoms with Crippen LogP contribution in [0.15, 0.2) is 60.3 Å². The first-order chi connectivity index (χ1) is 14.8. The number of hydrazine groups is 2. The van der Waals surface area contributed by atoms with Crippen LogP contribution in [0.25, 0.3) is 0 Å². The summed E-state index contributed by atoms with van der Waals surface area (Å²) < 4.78 is 5.19. The molecule has 0 aromatic heterocycles. The predicted molar refractivity (Wildman–Crippen MR) is 110 cm³/mol. The molecule has 1 atom stereocenters. The Morgan fingerprint density at radius 1 is 1.16 bits per heavy atom. The van der Waals surface area contributed by atoms with E-state index in [9.17, 15) is 20.0 Å². The number of ether oxygens (including phenoxy) is 1. The fraction of sp³-hybridized carbons (Fsp3) is 0.250. The van der Waals surface area contributed by atoms with Gasteiger partial charge >= 0.3 is 0 Å². The summed E-state index contributed by atoms with van der Waals surface area (Å²) in [5.74, 6) is -0.865. The van der Waals surface area contributed by atoms with Crippen molar-refractivity contribution < 1.29 is 19.6 Å². The highest BCUT2D eigenvalue weighted by Crippen LogP contribution is 2.37. The van der Waals surface area contributed by atoms with E-state index in [0.717, 1.165) is 0 Å². The number of para-hydroxylation sites is 1. The molecule has 1 unspecified atom stereocenters. The van der Waals surface area contributed by atoms with Gasteiger partial charge in [0, 0.05) is 26.2 Å². The number of carbonyl (C=O) groups is 1. The molecular weight excluding hydrogens is 404 g/mol. The van der Waals surface area contributed by atoms with Crippen LogP contribution in [0.2, 0.25) is 0 Å². The maximum Gasteiger partial charge on any atom is 0.274 e. The zero-order valence-electron chi connectivity index (χ0n) is 17.2. The Hall–Kier alpha value is -4.15. The van der Waals surface area contributed by atoms with Crippen LogP contribution in [0, 0.1) is 10.1 Å². The first-order valence-electron chi connectivity index (χ1n) is 9.58. The number of nitrogens with one attached hydrogen (secondary N) is 1. The molecule has 2 aromatic rings. The molecule has 0 bridgehead atoms. The highest BCUT2D eigenvalue weighted by Gasteiger charge is 2.46. The van der Waals surface area contributed by atoms with Crippen LogP contribution < -0.4 is 20.4 Å². The van der Waals surface area contributed by atoms with Gasteiger partial charge in [0.05, 0.1) is 27.8 Å². The molecule has 4 rings (SSSR count). The number of amides is 1. The van der Waals surface area contributed by atoms with E-state index in [1.54, 1.807) is 50.3 Å². The van der Waals surface area contributed by atoms with E-state index < -0.39 is 17.2 Å². The predicted octanol–water partition coefficient (Wildman–Crippen LogP) is 1.17. The van der Waals surface area contributed by atoms with Crippen LogP contribution in [-0.2, 0) is 4.74 Å². The van der Waals surface area contributed by atoms with E-state index in [1.165, 1.54) is 22.2 Å². The van der Waals surface area contributed by atoms with Crippen molar-refractivity contribution in [2.45, 2.75) is 13.2 Å². The normalized spacial score (nSPS) is 19.5. The lowest BCUT2D eigenvalue weighted by atomic mass is 10.1. The number of nitrogens with zero attached hydrogens (tertiary/aromatic N) is 5. The zero-order chi connectivity index (χ0) is 22.3.